The van der Waals surface area contributed by atoms with Crippen LogP contribution in [0.5, 0.6) is 0 Å². The number of piperazine rings is 1. The lowest BCUT2D eigenvalue weighted by molar-refractivity contribution is -0.160. The third-order valence-electron chi connectivity index (χ3n) is 4.92. The van der Waals surface area contributed by atoms with E-state index in [9.17, 15) is 9.59 Å². The quantitative estimate of drug-likeness (QED) is 0.849. The molecule has 1 N–H and O–H groups in total. The van der Waals surface area contributed by atoms with E-state index in [0.717, 1.165) is 19.3 Å². The third kappa shape index (κ3) is 2.32. The fourth-order valence-electron chi connectivity index (χ4n) is 3.46. The molecule has 0 aromatic rings. The summed E-state index contributed by atoms with van der Waals surface area (Å²) < 4.78 is 5.53. The van der Waals surface area contributed by atoms with E-state index >= 15 is 0 Å². The van der Waals surface area contributed by atoms with Crippen molar-refractivity contribution in [2.45, 2.75) is 76.6 Å². The van der Waals surface area contributed by atoms with Crippen LogP contribution in [0.3, 0.4) is 0 Å². The van der Waals surface area contributed by atoms with Crippen LogP contribution in [0.25, 0.3) is 0 Å². The zero-order valence-corrected chi connectivity index (χ0v) is 12.9. The minimum absolute atomic E-state index is 0.0294. The van der Waals surface area contributed by atoms with Gasteiger partial charge in [0, 0.05) is 7.11 Å². The Hall–Kier alpha value is -1.10. The molecule has 20 heavy (non-hydrogen) atoms. The molecule has 0 aromatic carbocycles. The highest BCUT2D eigenvalue weighted by molar-refractivity contribution is 5.99. The number of carbonyl (C=O) groups is 2. The molecule has 1 heterocycles. The molecule has 0 bridgehead atoms. The summed E-state index contributed by atoms with van der Waals surface area (Å²) in [5.41, 5.74) is -0.774. The van der Waals surface area contributed by atoms with E-state index in [4.69, 9.17) is 4.74 Å². The molecular weight excluding hydrogens is 256 g/mol. The van der Waals surface area contributed by atoms with Crippen LogP contribution in [0.4, 0.5) is 0 Å². The van der Waals surface area contributed by atoms with E-state index in [0.29, 0.717) is 12.8 Å². The van der Waals surface area contributed by atoms with Crippen molar-refractivity contribution in [2.24, 2.45) is 0 Å². The fourth-order valence-corrected chi connectivity index (χ4v) is 3.46. The van der Waals surface area contributed by atoms with E-state index < -0.39 is 5.54 Å². The summed E-state index contributed by atoms with van der Waals surface area (Å²) in [5.74, 6) is 0.0126. The molecule has 5 nitrogen and oxygen atoms in total. The third-order valence-corrected chi connectivity index (χ3v) is 4.92. The number of ether oxygens (including phenoxy) is 1. The molecule has 1 aliphatic carbocycles. The zero-order valence-electron chi connectivity index (χ0n) is 12.9. The maximum atomic E-state index is 12.9. The van der Waals surface area contributed by atoms with Crippen LogP contribution in [-0.2, 0) is 14.3 Å². The van der Waals surface area contributed by atoms with E-state index in [1.165, 1.54) is 0 Å². The lowest BCUT2D eigenvalue weighted by Crippen LogP contribution is -2.71. The van der Waals surface area contributed by atoms with Gasteiger partial charge in [0.05, 0.1) is 12.1 Å². The molecule has 4 atom stereocenters. The minimum Gasteiger partial charge on any atom is -0.379 e. The summed E-state index contributed by atoms with van der Waals surface area (Å²) in [7, 11) is 1.69. The predicted octanol–water partition coefficient (Wildman–Crippen LogP) is 1.46. The number of methoxy groups -OCH3 is 1. The molecule has 0 spiro atoms. The van der Waals surface area contributed by atoms with Crippen molar-refractivity contribution >= 4 is 11.8 Å². The summed E-state index contributed by atoms with van der Waals surface area (Å²) in [6.07, 6.45) is 4.24. The Kier molecular flexibility index (Phi) is 4.37. The Balaban J connectivity index is 2.34. The maximum Gasteiger partial charge on any atom is 0.249 e. The average molecular weight is 282 g/mol. The van der Waals surface area contributed by atoms with Gasteiger partial charge in [-0.25, -0.2) is 0 Å². The Morgan fingerprint density at radius 2 is 2.05 bits per heavy atom. The summed E-state index contributed by atoms with van der Waals surface area (Å²) in [6, 6.07) is -0.322. The van der Waals surface area contributed by atoms with Gasteiger partial charge in [-0.3, -0.25) is 9.59 Å². The fraction of sp³-hybridized carbons (Fsp3) is 0.867. The van der Waals surface area contributed by atoms with Crippen molar-refractivity contribution in [1.29, 1.82) is 0 Å². The topological polar surface area (TPSA) is 58.6 Å². The number of carbonyl (C=O) groups excluding carboxylic acids is 2. The molecule has 0 radical (unpaired) electrons. The van der Waals surface area contributed by atoms with Crippen molar-refractivity contribution in [3.8, 4) is 0 Å². The Labute approximate surface area is 121 Å². The molecule has 114 valence electrons. The lowest BCUT2D eigenvalue weighted by atomic mass is 9.89. The van der Waals surface area contributed by atoms with Gasteiger partial charge in [-0.1, -0.05) is 13.8 Å². The van der Waals surface area contributed by atoms with Gasteiger partial charge < -0.3 is 15.0 Å². The van der Waals surface area contributed by atoms with Crippen LogP contribution in [0, 0.1) is 0 Å². The number of rotatable bonds is 4. The summed E-state index contributed by atoms with van der Waals surface area (Å²) in [4.78, 5) is 27.1. The summed E-state index contributed by atoms with van der Waals surface area (Å²) >= 11 is 0. The van der Waals surface area contributed by atoms with Gasteiger partial charge in [-0.05, 0) is 39.0 Å². The molecule has 2 amide bonds. The van der Waals surface area contributed by atoms with Crippen LogP contribution in [0.1, 0.15) is 52.9 Å². The van der Waals surface area contributed by atoms with Gasteiger partial charge >= 0.3 is 0 Å². The number of nitrogens with zero attached hydrogens (tertiary/aromatic N) is 1. The standard InChI is InChI=1S/C15H26N2O3/c1-5-10-13(18)16-15(3,6-2)14(19)17(10)11-8-7-9-12(11)20-4/h10-12H,5-9H2,1-4H3,(H,16,18). The van der Waals surface area contributed by atoms with Crippen molar-refractivity contribution in [1.82, 2.24) is 10.2 Å². The predicted molar refractivity (Wildman–Crippen MR) is 76.2 cm³/mol. The Morgan fingerprint density at radius 1 is 1.35 bits per heavy atom. The van der Waals surface area contributed by atoms with Gasteiger partial charge in [0.15, 0.2) is 0 Å². The number of hydrogen-bond donors (Lipinski definition) is 1. The zero-order chi connectivity index (χ0) is 14.9. The molecule has 2 fully saturated rings. The van der Waals surface area contributed by atoms with Crippen LogP contribution in [0.2, 0.25) is 0 Å². The van der Waals surface area contributed by atoms with Crippen LogP contribution < -0.4 is 5.32 Å². The highest BCUT2D eigenvalue weighted by Crippen LogP contribution is 2.33. The molecule has 2 rings (SSSR count). The van der Waals surface area contributed by atoms with Gasteiger partial charge in [0.25, 0.3) is 0 Å². The molecule has 1 saturated heterocycles. The van der Waals surface area contributed by atoms with Crippen LogP contribution in [0.15, 0.2) is 0 Å². The van der Waals surface area contributed by atoms with Crippen molar-refractivity contribution in [3.05, 3.63) is 0 Å². The number of hydrogen-bond acceptors (Lipinski definition) is 3. The van der Waals surface area contributed by atoms with Gasteiger partial charge in [0.1, 0.15) is 11.6 Å². The largest absolute Gasteiger partial charge is 0.379 e. The highest BCUT2D eigenvalue weighted by atomic mass is 16.5. The van der Waals surface area contributed by atoms with E-state index in [1.54, 1.807) is 7.11 Å². The van der Waals surface area contributed by atoms with Gasteiger partial charge in [-0.2, -0.15) is 0 Å². The SMILES string of the molecule is CCC1C(=O)NC(C)(CC)C(=O)N1C1CCCC1OC. The second kappa shape index (κ2) is 5.72. The average Bonchev–Trinajstić information content (AvgIpc) is 2.90. The molecule has 0 aromatic heterocycles. The van der Waals surface area contributed by atoms with Crippen molar-refractivity contribution in [3.63, 3.8) is 0 Å². The van der Waals surface area contributed by atoms with E-state index in [2.05, 4.69) is 5.32 Å². The summed E-state index contributed by atoms with van der Waals surface area (Å²) in [5, 5.41) is 2.91. The van der Waals surface area contributed by atoms with E-state index in [1.807, 2.05) is 25.7 Å². The maximum absolute atomic E-state index is 12.9. The molecular formula is C15H26N2O3. The van der Waals surface area contributed by atoms with Crippen molar-refractivity contribution < 1.29 is 14.3 Å². The second-order valence-electron chi connectivity index (χ2n) is 6.08. The first-order chi connectivity index (χ1) is 9.48. The summed E-state index contributed by atoms with van der Waals surface area (Å²) in [6.45, 7) is 5.71. The molecule has 4 unspecified atom stereocenters. The number of nitrogens with one attached hydrogen (secondary N) is 1. The monoisotopic (exact) mass is 282 g/mol. The molecule has 5 heteroatoms. The normalized spacial score (nSPS) is 38.2. The highest BCUT2D eigenvalue weighted by Gasteiger charge is 2.50. The molecule has 1 saturated carbocycles. The van der Waals surface area contributed by atoms with Crippen LogP contribution in [-0.4, -0.2) is 47.6 Å². The first kappa shape index (κ1) is 15.3. The van der Waals surface area contributed by atoms with Gasteiger partial charge in [0.2, 0.25) is 11.8 Å². The Morgan fingerprint density at radius 3 is 2.60 bits per heavy atom. The van der Waals surface area contributed by atoms with Crippen LogP contribution >= 0.6 is 0 Å². The lowest BCUT2D eigenvalue weighted by Gasteiger charge is -2.47. The smallest absolute Gasteiger partial charge is 0.249 e. The van der Waals surface area contributed by atoms with E-state index in [-0.39, 0.29) is 30.0 Å². The first-order valence-electron chi connectivity index (χ1n) is 7.66. The first-order valence-corrected chi connectivity index (χ1v) is 7.66. The van der Waals surface area contributed by atoms with Crippen molar-refractivity contribution in [2.75, 3.05) is 7.11 Å². The number of amides is 2. The molecule has 1 aliphatic heterocycles. The molecule has 2 aliphatic rings. The Bertz CT molecular complexity index is 399. The second-order valence-corrected chi connectivity index (χ2v) is 6.08. The van der Waals surface area contributed by atoms with Gasteiger partial charge in [-0.15, -0.1) is 0 Å². The minimum atomic E-state index is -0.774.